The minimum atomic E-state index is -1.94. The van der Waals surface area contributed by atoms with E-state index in [0.29, 0.717) is 19.4 Å². The Balaban J connectivity index is 2.85. The van der Waals surface area contributed by atoms with Gasteiger partial charge in [-0.1, -0.05) is 26.8 Å². The molecule has 130 valence electrons. The Morgan fingerprint density at radius 3 is 2.41 bits per heavy atom. The summed E-state index contributed by atoms with van der Waals surface area (Å²) in [6, 6.07) is 0. The Labute approximate surface area is 137 Å². The van der Waals surface area contributed by atoms with Crippen molar-refractivity contribution >= 4 is 8.32 Å². The minimum absolute atomic E-state index is 0.115. The summed E-state index contributed by atoms with van der Waals surface area (Å²) in [6.45, 7) is 19.1. The zero-order chi connectivity index (χ0) is 17.2. The summed E-state index contributed by atoms with van der Waals surface area (Å²) in [5, 5.41) is 10.3. The van der Waals surface area contributed by atoms with Crippen molar-refractivity contribution in [2.24, 2.45) is 0 Å². The average molecular weight is 331 g/mol. The van der Waals surface area contributed by atoms with Gasteiger partial charge in [-0.25, -0.2) is 0 Å². The van der Waals surface area contributed by atoms with E-state index in [0.717, 1.165) is 0 Å². The highest BCUT2D eigenvalue weighted by Crippen LogP contribution is 2.39. The van der Waals surface area contributed by atoms with Crippen LogP contribution in [0.5, 0.6) is 0 Å². The highest BCUT2D eigenvalue weighted by molar-refractivity contribution is 6.74. The maximum atomic E-state index is 10.2. The maximum absolute atomic E-state index is 10.2. The topological polar surface area (TPSA) is 47.9 Å². The van der Waals surface area contributed by atoms with Crippen molar-refractivity contribution in [1.82, 2.24) is 0 Å². The third-order valence-electron chi connectivity index (χ3n) is 4.64. The molecule has 5 heteroatoms. The van der Waals surface area contributed by atoms with Crippen molar-refractivity contribution < 1.29 is 19.0 Å². The van der Waals surface area contributed by atoms with Gasteiger partial charge in [-0.3, -0.25) is 0 Å². The van der Waals surface area contributed by atoms with E-state index >= 15 is 0 Å². The van der Waals surface area contributed by atoms with Crippen molar-refractivity contribution in [2.45, 2.75) is 89.7 Å². The van der Waals surface area contributed by atoms with Crippen LogP contribution in [-0.4, -0.2) is 44.1 Å². The van der Waals surface area contributed by atoms with Gasteiger partial charge in [0.05, 0.1) is 18.8 Å². The van der Waals surface area contributed by atoms with Gasteiger partial charge in [0.15, 0.2) is 14.1 Å². The van der Waals surface area contributed by atoms with E-state index in [4.69, 9.17) is 13.9 Å². The van der Waals surface area contributed by atoms with Crippen molar-refractivity contribution in [3.63, 3.8) is 0 Å². The third-order valence-corrected chi connectivity index (χ3v) is 9.14. The van der Waals surface area contributed by atoms with Gasteiger partial charge in [0, 0.05) is 6.42 Å². The average Bonchev–Trinajstić information content (AvgIpc) is 2.67. The highest BCUT2D eigenvalue weighted by Gasteiger charge is 2.44. The Bertz CT molecular complexity index is 373. The maximum Gasteiger partial charge on any atom is 0.192 e. The van der Waals surface area contributed by atoms with Crippen LogP contribution in [-0.2, 0) is 13.9 Å². The monoisotopic (exact) mass is 330 g/mol. The van der Waals surface area contributed by atoms with Gasteiger partial charge in [-0.05, 0) is 38.4 Å². The van der Waals surface area contributed by atoms with E-state index in [2.05, 4.69) is 40.4 Å². The Morgan fingerprint density at radius 1 is 1.41 bits per heavy atom. The van der Waals surface area contributed by atoms with Gasteiger partial charge < -0.3 is 19.0 Å². The quantitative estimate of drug-likeness (QED) is 0.569. The molecule has 0 unspecified atom stereocenters. The van der Waals surface area contributed by atoms with Crippen LogP contribution in [0.1, 0.15) is 47.5 Å². The Morgan fingerprint density at radius 2 is 2.00 bits per heavy atom. The second-order valence-corrected chi connectivity index (χ2v) is 13.0. The molecule has 4 nitrogen and oxygen atoms in total. The molecular formula is C17H34O4Si. The molecule has 0 aromatic heterocycles. The Kier molecular flexibility index (Phi) is 6.44. The fraction of sp³-hybridized carbons (Fsp3) is 0.882. The van der Waals surface area contributed by atoms with Crippen molar-refractivity contribution in [3.8, 4) is 0 Å². The summed E-state index contributed by atoms with van der Waals surface area (Å²) >= 11 is 0. The lowest BCUT2D eigenvalue weighted by Crippen LogP contribution is -2.48. The Hall–Kier alpha value is -0.203. The van der Waals surface area contributed by atoms with E-state index in [1.807, 2.05) is 13.8 Å². The van der Waals surface area contributed by atoms with Crippen molar-refractivity contribution in [2.75, 3.05) is 6.61 Å². The van der Waals surface area contributed by atoms with Gasteiger partial charge in [-0.15, -0.1) is 6.58 Å². The first kappa shape index (κ1) is 19.8. The summed E-state index contributed by atoms with van der Waals surface area (Å²) in [4.78, 5) is 0. The smallest absolute Gasteiger partial charge is 0.192 e. The molecular weight excluding hydrogens is 296 g/mol. The van der Waals surface area contributed by atoms with Crippen LogP contribution in [0.2, 0.25) is 18.1 Å². The fourth-order valence-corrected chi connectivity index (χ4v) is 3.64. The van der Waals surface area contributed by atoms with Gasteiger partial charge in [-0.2, -0.15) is 0 Å². The summed E-state index contributed by atoms with van der Waals surface area (Å²) < 4.78 is 18.2. The van der Waals surface area contributed by atoms with Gasteiger partial charge in [0.2, 0.25) is 0 Å². The van der Waals surface area contributed by atoms with Crippen LogP contribution in [0, 0.1) is 0 Å². The number of rotatable bonds is 7. The van der Waals surface area contributed by atoms with E-state index < -0.39 is 20.2 Å². The SMILES string of the molecule is C=CC[C@H](O)C[C@H](O[Si](C)(C)C(C)(C)C)[C@H]1COC(C)(C)O1. The molecule has 0 radical (unpaired) electrons. The lowest BCUT2D eigenvalue weighted by molar-refractivity contribution is -0.151. The largest absolute Gasteiger partial charge is 0.411 e. The molecule has 1 heterocycles. The first-order valence-electron chi connectivity index (χ1n) is 8.16. The van der Waals surface area contributed by atoms with Crippen LogP contribution in [0.25, 0.3) is 0 Å². The zero-order valence-corrected chi connectivity index (χ0v) is 16.3. The lowest BCUT2D eigenvalue weighted by Gasteiger charge is -2.41. The molecule has 0 aromatic carbocycles. The molecule has 0 aromatic rings. The highest BCUT2D eigenvalue weighted by atomic mass is 28.4. The fourth-order valence-electron chi connectivity index (χ4n) is 2.29. The molecule has 1 rings (SSSR count). The number of ether oxygens (including phenoxy) is 2. The van der Waals surface area contributed by atoms with Gasteiger partial charge >= 0.3 is 0 Å². The molecule has 1 aliphatic rings. The minimum Gasteiger partial charge on any atom is -0.411 e. The second-order valence-electron chi connectivity index (χ2n) is 8.20. The number of aliphatic hydroxyl groups is 1. The zero-order valence-electron chi connectivity index (χ0n) is 15.3. The second kappa shape index (κ2) is 7.14. The molecule has 1 aliphatic heterocycles. The van der Waals surface area contributed by atoms with Crippen LogP contribution in [0.3, 0.4) is 0 Å². The number of hydrogen-bond acceptors (Lipinski definition) is 4. The van der Waals surface area contributed by atoms with Crippen LogP contribution < -0.4 is 0 Å². The molecule has 1 N–H and O–H groups in total. The van der Waals surface area contributed by atoms with Gasteiger partial charge in [0.25, 0.3) is 0 Å². The van der Waals surface area contributed by atoms with Crippen molar-refractivity contribution in [1.29, 1.82) is 0 Å². The molecule has 22 heavy (non-hydrogen) atoms. The first-order chi connectivity index (χ1) is 9.88. The van der Waals surface area contributed by atoms with E-state index in [1.165, 1.54) is 0 Å². The molecule has 0 spiro atoms. The summed E-state index contributed by atoms with van der Waals surface area (Å²) in [6.07, 6.45) is 2.10. The summed E-state index contributed by atoms with van der Waals surface area (Å²) in [5.41, 5.74) is 0. The summed E-state index contributed by atoms with van der Waals surface area (Å²) in [7, 11) is -1.94. The molecule has 0 amide bonds. The standard InChI is InChI=1S/C17H34O4Si/c1-9-10-13(18)11-14(15-12-19-17(5,6)20-15)21-22(7,8)16(2,3)4/h9,13-15,18H,1,10-12H2,2-8H3/t13-,14-,15+/m0/s1. The van der Waals surface area contributed by atoms with Gasteiger partial charge in [0.1, 0.15) is 6.10 Å². The molecule has 0 bridgehead atoms. The van der Waals surface area contributed by atoms with Crippen LogP contribution in [0.4, 0.5) is 0 Å². The van der Waals surface area contributed by atoms with E-state index in [1.54, 1.807) is 6.08 Å². The van der Waals surface area contributed by atoms with Crippen LogP contribution in [0.15, 0.2) is 12.7 Å². The first-order valence-corrected chi connectivity index (χ1v) is 11.1. The van der Waals surface area contributed by atoms with Crippen LogP contribution >= 0.6 is 0 Å². The summed E-state index contributed by atoms with van der Waals surface area (Å²) in [5.74, 6) is -0.580. The van der Waals surface area contributed by atoms with E-state index in [-0.39, 0.29) is 17.2 Å². The van der Waals surface area contributed by atoms with Crippen molar-refractivity contribution in [3.05, 3.63) is 12.7 Å². The molecule has 0 saturated carbocycles. The predicted octanol–water partition coefficient (Wildman–Crippen LogP) is 3.86. The molecule has 1 saturated heterocycles. The number of hydrogen-bond donors (Lipinski definition) is 1. The predicted molar refractivity (Wildman–Crippen MR) is 92.4 cm³/mol. The third kappa shape index (κ3) is 5.46. The normalized spacial score (nSPS) is 25.0. The number of aliphatic hydroxyl groups excluding tert-OH is 1. The van der Waals surface area contributed by atoms with E-state index in [9.17, 15) is 5.11 Å². The lowest BCUT2D eigenvalue weighted by atomic mass is 10.1. The molecule has 3 atom stereocenters. The molecule has 1 fully saturated rings. The molecule has 0 aliphatic carbocycles.